The van der Waals surface area contributed by atoms with E-state index in [2.05, 4.69) is 31.6 Å². The van der Waals surface area contributed by atoms with Crippen molar-refractivity contribution in [3.63, 3.8) is 0 Å². The first-order chi connectivity index (χ1) is 28.4. The molecule has 5 heterocycles. The van der Waals surface area contributed by atoms with Gasteiger partial charge in [0, 0.05) is 87.4 Å². The van der Waals surface area contributed by atoms with Crippen molar-refractivity contribution in [3.8, 4) is 0 Å². The van der Waals surface area contributed by atoms with Crippen molar-refractivity contribution in [2.45, 2.75) is 51.5 Å². The predicted molar refractivity (Wildman–Crippen MR) is 213 cm³/mol. The molecule has 18 heteroatoms. The van der Waals surface area contributed by atoms with E-state index in [1.165, 1.54) is 24.3 Å². The van der Waals surface area contributed by atoms with Crippen molar-refractivity contribution in [3.05, 3.63) is 76.4 Å². The van der Waals surface area contributed by atoms with Crippen LogP contribution < -0.4 is 26.6 Å². The molecule has 8 amide bonds. The summed E-state index contributed by atoms with van der Waals surface area (Å²) in [6.45, 7) is 4.46. The number of aromatic amines is 1. The number of unbranched alkanes of at least 4 members (excludes halogenated alkanes) is 1. The van der Waals surface area contributed by atoms with E-state index in [1.54, 1.807) is 29.3 Å². The highest BCUT2D eigenvalue weighted by Gasteiger charge is 2.45. The minimum Gasteiger partial charge on any atom is -0.383 e. The maximum atomic E-state index is 13.8. The average Bonchev–Trinajstić information content (AvgIpc) is 3.80. The third-order valence-corrected chi connectivity index (χ3v) is 10.9. The fourth-order valence-electron chi connectivity index (χ4n) is 7.66. The fraction of sp³-hybridized carbons (Fsp3) is 0.366. The minimum atomic E-state index is -1.06. The van der Waals surface area contributed by atoms with Crippen LogP contribution in [0.4, 0.5) is 21.5 Å². The molecule has 2 saturated heterocycles. The van der Waals surface area contributed by atoms with Crippen molar-refractivity contribution >= 4 is 76.0 Å². The molecule has 2 aromatic carbocycles. The number of nitrogens with one attached hydrogen (secondary N) is 6. The zero-order valence-electron chi connectivity index (χ0n) is 32.4. The van der Waals surface area contributed by atoms with E-state index in [1.807, 2.05) is 11.8 Å². The fourth-order valence-corrected chi connectivity index (χ4v) is 7.66. The van der Waals surface area contributed by atoms with Crippen LogP contribution in [0.1, 0.15) is 76.1 Å². The molecule has 7 rings (SSSR count). The number of benzene rings is 2. The molecule has 59 heavy (non-hydrogen) atoms. The van der Waals surface area contributed by atoms with Crippen LogP contribution in [-0.4, -0.2) is 119 Å². The normalized spacial score (nSPS) is 18.4. The number of hydrogen-bond donors (Lipinski definition) is 6. The SMILES string of the molecule is Cc1c(NC(=O)CN2CCN(C(=O)CCCCC(=O)NCCNc3cccc4c3C(=O)N(C3CCC(=O)NC3=O)C4=O)CC2)c[nH]c1/C=C1\C(=O)Nc2ccc(F)cc21. The Kier molecular flexibility index (Phi) is 12.0. The van der Waals surface area contributed by atoms with Crippen molar-refractivity contribution in [2.75, 3.05) is 61.8 Å². The first-order valence-corrected chi connectivity index (χ1v) is 19.5. The van der Waals surface area contributed by atoms with Crippen LogP contribution in [-0.2, 0) is 28.8 Å². The van der Waals surface area contributed by atoms with Gasteiger partial charge in [-0.3, -0.25) is 53.5 Å². The Morgan fingerprint density at radius 1 is 0.881 bits per heavy atom. The van der Waals surface area contributed by atoms with Gasteiger partial charge in [-0.2, -0.15) is 0 Å². The number of carbonyl (C=O) groups excluding carboxylic acids is 8. The molecule has 3 aromatic rings. The second kappa shape index (κ2) is 17.4. The Bertz CT molecular complexity index is 2280. The van der Waals surface area contributed by atoms with Gasteiger partial charge in [0.05, 0.1) is 28.9 Å². The molecule has 0 radical (unpaired) electrons. The highest BCUT2D eigenvalue weighted by atomic mass is 19.1. The summed E-state index contributed by atoms with van der Waals surface area (Å²) in [7, 11) is 0. The lowest BCUT2D eigenvalue weighted by atomic mass is 10.0. The van der Waals surface area contributed by atoms with Gasteiger partial charge in [0.1, 0.15) is 11.9 Å². The molecule has 1 atom stereocenters. The number of hydrogen-bond acceptors (Lipinski definition) is 10. The summed E-state index contributed by atoms with van der Waals surface area (Å²) in [5.74, 6) is -3.56. The van der Waals surface area contributed by atoms with Gasteiger partial charge in [0.2, 0.25) is 29.5 Å². The van der Waals surface area contributed by atoms with Gasteiger partial charge in [0.15, 0.2) is 0 Å². The predicted octanol–water partition coefficient (Wildman–Crippen LogP) is 2.23. The van der Waals surface area contributed by atoms with Crippen LogP contribution >= 0.6 is 0 Å². The first-order valence-electron chi connectivity index (χ1n) is 19.5. The van der Waals surface area contributed by atoms with Crippen molar-refractivity contribution in [2.24, 2.45) is 0 Å². The summed E-state index contributed by atoms with van der Waals surface area (Å²) in [5.41, 5.74) is 3.91. The molecule has 0 aliphatic carbocycles. The van der Waals surface area contributed by atoms with Crippen LogP contribution in [0.2, 0.25) is 0 Å². The van der Waals surface area contributed by atoms with E-state index in [0.29, 0.717) is 79.3 Å². The number of anilines is 3. The van der Waals surface area contributed by atoms with Crippen molar-refractivity contribution in [1.82, 2.24) is 30.3 Å². The maximum absolute atomic E-state index is 13.8. The van der Waals surface area contributed by atoms with Gasteiger partial charge in [-0.1, -0.05) is 6.07 Å². The molecule has 0 bridgehead atoms. The summed E-state index contributed by atoms with van der Waals surface area (Å²) in [5, 5.41) is 13.7. The number of amides is 8. The molecule has 308 valence electrons. The number of piperidine rings is 1. The van der Waals surface area contributed by atoms with Gasteiger partial charge in [0.25, 0.3) is 17.7 Å². The standard InChI is InChI=1S/C41H44FN9O8/c1-23-30(20-27-26-19-24(42)9-10-28(26)47-38(27)56)45-21-31(23)46-35(54)22-49-15-17-50(18-16-49)36(55)8-3-2-7-33(52)44-14-13-43-29-6-4-5-25-37(29)41(59)51(40(25)58)32-11-12-34(53)48-39(32)57/h4-6,9-10,19-21,32,43,45H,2-3,7-8,11-18,22H2,1H3,(H,44,52)(H,46,54)(H,47,56)(H,48,53,57)/b27-20-. The van der Waals surface area contributed by atoms with E-state index >= 15 is 0 Å². The molecule has 6 N–H and O–H groups in total. The molecular formula is C41H44FN9O8. The van der Waals surface area contributed by atoms with Gasteiger partial charge in [-0.05, 0) is 68.2 Å². The number of imide groups is 2. The van der Waals surface area contributed by atoms with Crippen LogP contribution in [0.5, 0.6) is 0 Å². The van der Waals surface area contributed by atoms with E-state index < -0.39 is 35.5 Å². The van der Waals surface area contributed by atoms with Crippen molar-refractivity contribution in [1.29, 1.82) is 0 Å². The Balaban J connectivity index is 0.773. The lowest BCUT2D eigenvalue weighted by Gasteiger charge is -2.34. The lowest BCUT2D eigenvalue weighted by molar-refractivity contribution is -0.136. The van der Waals surface area contributed by atoms with E-state index in [0.717, 1.165) is 10.5 Å². The number of halogens is 1. The Morgan fingerprint density at radius 2 is 1.66 bits per heavy atom. The largest absolute Gasteiger partial charge is 0.383 e. The lowest BCUT2D eigenvalue weighted by Crippen LogP contribution is -2.54. The molecule has 1 aromatic heterocycles. The summed E-state index contributed by atoms with van der Waals surface area (Å²) in [6, 6.07) is 7.80. The van der Waals surface area contributed by atoms with E-state index in [9.17, 15) is 42.7 Å². The average molecular weight is 810 g/mol. The van der Waals surface area contributed by atoms with Gasteiger partial charge >= 0.3 is 0 Å². The zero-order chi connectivity index (χ0) is 41.8. The highest BCUT2D eigenvalue weighted by Crippen LogP contribution is 2.35. The summed E-state index contributed by atoms with van der Waals surface area (Å²) in [6.07, 6.45) is 4.94. The maximum Gasteiger partial charge on any atom is 0.264 e. The monoisotopic (exact) mass is 809 g/mol. The number of nitrogens with zero attached hydrogens (tertiary/aromatic N) is 3. The Morgan fingerprint density at radius 3 is 2.44 bits per heavy atom. The molecule has 2 fully saturated rings. The van der Waals surface area contributed by atoms with Crippen LogP contribution in [0.15, 0.2) is 42.6 Å². The minimum absolute atomic E-state index is 0.01000. The Hall–Kier alpha value is -6.69. The molecule has 4 aliphatic heterocycles. The summed E-state index contributed by atoms with van der Waals surface area (Å²) >= 11 is 0. The van der Waals surface area contributed by atoms with Gasteiger partial charge in [-0.25, -0.2) is 4.39 Å². The van der Waals surface area contributed by atoms with Crippen LogP contribution in [0.25, 0.3) is 11.6 Å². The molecule has 0 spiro atoms. The highest BCUT2D eigenvalue weighted by molar-refractivity contribution is 6.35. The zero-order valence-corrected chi connectivity index (χ0v) is 32.4. The summed E-state index contributed by atoms with van der Waals surface area (Å²) < 4.78 is 13.8. The van der Waals surface area contributed by atoms with E-state index in [-0.39, 0.29) is 73.7 Å². The molecule has 1 unspecified atom stereocenters. The second-order valence-electron chi connectivity index (χ2n) is 14.8. The molecular weight excluding hydrogens is 766 g/mol. The van der Waals surface area contributed by atoms with Gasteiger partial charge < -0.3 is 31.2 Å². The third-order valence-electron chi connectivity index (χ3n) is 10.9. The summed E-state index contributed by atoms with van der Waals surface area (Å²) in [4.78, 5) is 109. The number of fused-ring (bicyclic) bond motifs is 2. The number of aromatic nitrogens is 1. The number of piperazine rings is 1. The van der Waals surface area contributed by atoms with Gasteiger partial charge in [-0.15, -0.1) is 0 Å². The topological polar surface area (TPSA) is 222 Å². The molecule has 17 nitrogen and oxygen atoms in total. The smallest absolute Gasteiger partial charge is 0.264 e. The quantitative estimate of drug-likeness (QED) is 0.0792. The van der Waals surface area contributed by atoms with E-state index in [4.69, 9.17) is 0 Å². The van der Waals surface area contributed by atoms with Crippen molar-refractivity contribution < 1.29 is 42.7 Å². The molecule has 4 aliphatic rings. The number of H-pyrrole nitrogens is 1. The van der Waals surface area contributed by atoms with Crippen LogP contribution in [0.3, 0.4) is 0 Å². The van der Waals surface area contributed by atoms with Crippen LogP contribution in [0, 0.1) is 12.7 Å². The number of carbonyl (C=O) groups is 8. The second-order valence-corrected chi connectivity index (χ2v) is 14.8. The third kappa shape index (κ3) is 8.91. The molecule has 0 saturated carbocycles. The number of rotatable bonds is 14. The Labute approximate surface area is 338 Å². The first kappa shape index (κ1) is 40.5.